The Morgan fingerprint density at radius 3 is 2.92 bits per heavy atom. The number of amides is 1. The largest absolute Gasteiger partial charge is 0.387 e. The van der Waals surface area contributed by atoms with E-state index in [0.29, 0.717) is 13.1 Å². The van der Waals surface area contributed by atoms with Gasteiger partial charge in [0.1, 0.15) is 6.61 Å². The lowest BCUT2D eigenvalue weighted by molar-refractivity contribution is -0.133. The van der Waals surface area contributed by atoms with E-state index < -0.39 is 6.61 Å². The van der Waals surface area contributed by atoms with Crippen molar-refractivity contribution in [3.05, 3.63) is 0 Å². The predicted octanol–water partition coefficient (Wildman–Crippen LogP) is 0.00460. The molecule has 1 heterocycles. The summed E-state index contributed by atoms with van der Waals surface area (Å²) in [7, 11) is 0. The molecule has 1 N–H and O–H groups in total. The molecule has 0 aromatic rings. The zero-order valence-corrected chi connectivity index (χ0v) is 8.19. The van der Waals surface area contributed by atoms with Gasteiger partial charge in [-0.05, 0) is 20.3 Å². The molecule has 13 heavy (non-hydrogen) atoms. The third-order valence-corrected chi connectivity index (χ3v) is 2.10. The van der Waals surface area contributed by atoms with Crippen LogP contribution in [0.3, 0.4) is 0 Å². The van der Waals surface area contributed by atoms with Crippen LogP contribution in [0.4, 0.5) is 0 Å². The minimum absolute atomic E-state index is 0.149. The van der Waals surface area contributed by atoms with Gasteiger partial charge in [0.2, 0.25) is 5.91 Å². The van der Waals surface area contributed by atoms with Crippen LogP contribution in [0.1, 0.15) is 20.3 Å². The number of aliphatic hydroxyl groups is 1. The van der Waals surface area contributed by atoms with Crippen molar-refractivity contribution in [2.24, 2.45) is 0 Å². The lowest BCUT2D eigenvalue weighted by atomic mass is 10.3. The zero-order valence-electron chi connectivity index (χ0n) is 8.19. The van der Waals surface area contributed by atoms with E-state index in [1.54, 1.807) is 4.90 Å². The van der Waals surface area contributed by atoms with Crippen molar-refractivity contribution in [2.75, 3.05) is 19.7 Å². The Hall–Kier alpha value is -0.610. The predicted molar refractivity (Wildman–Crippen MR) is 48.3 cm³/mol. The van der Waals surface area contributed by atoms with Crippen molar-refractivity contribution >= 4 is 5.91 Å². The van der Waals surface area contributed by atoms with Crippen LogP contribution in [0.25, 0.3) is 0 Å². The fourth-order valence-corrected chi connectivity index (χ4v) is 1.55. The fraction of sp³-hybridized carbons (Fsp3) is 0.889. The summed E-state index contributed by atoms with van der Waals surface area (Å²) in [6.45, 7) is 4.90. The van der Waals surface area contributed by atoms with E-state index in [2.05, 4.69) is 0 Å². The van der Waals surface area contributed by atoms with Gasteiger partial charge in [-0.1, -0.05) is 0 Å². The monoisotopic (exact) mass is 187 g/mol. The first kappa shape index (κ1) is 10.5. The van der Waals surface area contributed by atoms with Gasteiger partial charge in [-0.3, -0.25) is 4.79 Å². The number of hydrogen-bond acceptors (Lipinski definition) is 3. The van der Waals surface area contributed by atoms with Gasteiger partial charge in [-0.25, -0.2) is 0 Å². The third-order valence-electron chi connectivity index (χ3n) is 2.10. The van der Waals surface area contributed by atoms with Gasteiger partial charge in [0.25, 0.3) is 0 Å². The highest BCUT2D eigenvalue weighted by atomic mass is 16.5. The summed E-state index contributed by atoms with van der Waals surface area (Å²) in [6, 6.07) is 0. The number of nitrogens with zero attached hydrogens (tertiary/aromatic N) is 1. The first-order valence-corrected chi connectivity index (χ1v) is 4.67. The number of ether oxygens (including phenoxy) is 1. The smallest absolute Gasteiger partial charge is 0.248 e. The first-order chi connectivity index (χ1) is 6.13. The van der Waals surface area contributed by atoms with Crippen LogP contribution in [0.2, 0.25) is 0 Å². The second kappa shape index (κ2) is 4.58. The normalized spacial score (nSPS) is 22.8. The molecular weight excluding hydrogens is 170 g/mol. The van der Waals surface area contributed by atoms with Crippen LogP contribution in [0.5, 0.6) is 0 Å². The van der Waals surface area contributed by atoms with Gasteiger partial charge < -0.3 is 14.7 Å². The van der Waals surface area contributed by atoms with E-state index in [0.717, 1.165) is 6.42 Å². The Morgan fingerprint density at radius 2 is 2.38 bits per heavy atom. The molecular formula is C9H17NO3. The average molecular weight is 187 g/mol. The highest BCUT2D eigenvalue weighted by Crippen LogP contribution is 2.14. The highest BCUT2D eigenvalue weighted by Gasteiger charge is 2.26. The molecule has 1 aliphatic rings. The highest BCUT2D eigenvalue weighted by molar-refractivity contribution is 5.77. The maximum Gasteiger partial charge on any atom is 0.248 e. The summed E-state index contributed by atoms with van der Waals surface area (Å²) < 4.78 is 5.56. The van der Waals surface area contributed by atoms with Crippen LogP contribution in [-0.2, 0) is 9.53 Å². The molecule has 0 spiro atoms. The lowest BCUT2D eigenvalue weighted by Crippen LogP contribution is -2.32. The second-order valence-corrected chi connectivity index (χ2v) is 3.59. The standard InChI is InChI=1S/C9H17NO3/c1-7(2)13-8-3-4-10(5-8)9(12)6-11/h7-8,11H,3-6H2,1-2H3. The summed E-state index contributed by atoms with van der Waals surface area (Å²) in [5, 5.41) is 8.63. The van der Waals surface area contributed by atoms with E-state index in [-0.39, 0.29) is 18.1 Å². The molecule has 0 aromatic carbocycles. The van der Waals surface area contributed by atoms with Crippen LogP contribution < -0.4 is 0 Å². The van der Waals surface area contributed by atoms with E-state index in [1.165, 1.54) is 0 Å². The summed E-state index contributed by atoms with van der Waals surface area (Å²) in [6.07, 6.45) is 1.23. The van der Waals surface area contributed by atoms with Crippen molar-refractivity contribution in [3.8, 4) is 0 Å². The van der Waals surface area contributed by atoms with Crippen molar-refractivity contribution in [1.29, 1.82) is 0 Å². The van der Waals surface area contributed by atoms with Crippen molar-refractivity contribution in [1.82, 2.24) is 4.90 Å². The van der Waals surface area contributed by atoms with Crippen LogP contribution >= 0.6 is 0 Å². The minimum Gasteiger partial charge on any atom is -0.387 e. The summed E-state index contributed by atoms with van der Waals surface area (Å²) >= 11 is 0. The van der Waals surface area contributed by atoms with Crippen molar-refractivity contribution < 1.29 is 14.6 Å². The molecule has 0 bridgehead atoms. The molecule has 1 aliphatic heterocycles. The van der Waals surface area contributed by atoms with Gasteiger partial charge in [0.15, 0.2) is 0 Å². The molecule has 1 amide bonds. The molecule has 76 valence electrons. The Bertz CT molecular complexity index is 182. The van der Waals surface area contributed by atoms with Crippen molar-refractivity contribution in [2.45, 2.75) is 32.5 Å². The molecule has 1 rings (SSSR count). The maximum absolute atomic E-state index is 11.1. The van der Waals surface area contributed by atoms with Gasteiger partial charge in [0, 0.05) is 13.1 Å². The summed E-state index contributed by atoms with van der Waals surface area (Å²) in [4.78, 5) is 12.7. The molecule has 1 atom stereocenters. The zero-order chi connectivity index (χ0) is 9.84. The fourth-order valence-electron chi connectivity index (χ4n) is 1.55. The van der Waals surface area contributed by atoms with Gasteiger partial charge in [-0.2, -0.15) is 0 Å². The van der Waals surface area contributed by atoms with Crippen molar-refractivity contribution in [3.63, 3.8) is 0 Å². The van der Waals surface area contributed by atoms with Crippen LogP contribution in [-0.4, -0.2) is 47.8 Å². The quantitative estimate of drug-likeness (QED) is 0.677. The van der Waals surface area contributed by atoms with E-state index in [9.17, 15) is 4.79 Å². The molecule has 0 saturated carbocycles. The van der Waals surface area contributed by atoms with E-state index >= 15 is 0 Å². The number of likely N-dealkylation sites (tertiary alicyclic amines) is 1. The SMILES string of the molecule is CC(C)OC1CCN(C(=O)CO)C1. The third kappa shape index (κ3) is 2.97. The van der Waals surface area contributed by atoms with E-state index in [1.807, 2.05) is 13.8 Å². The molecule has 1 saturated heterocycles. The molecule has 4 nitrogen and oxygen atoms in total. The lowest BCUT2D eigenvalue weighted by Gasteiger charge is -2.16. The summed E-state index contributed by atoms with van der Waals surface area (Å²) in [5.74, 6) is -0.199. The first-order valence-electron chi connectivity index (χ1n) is 4.67. The number of carbonyl (C=O) groups is 1. The number of rotatable bonds is 3. The minimum atomic E-state index is -0.394. The molecule has 4 heteroatoms. The maximum atomic E-state index is 11.1. The molecule has 1 unspecified atom stereocenters. The molecule has 0 aromatic heterocycles. The van der Waals surface area contributed by atoms with Crippen LogP contribution in [0, 0.1) is 0 Å². The van der Waals surface area contributed by atoms with Gasteiger partial charge in [-0.15, -0.1) is 0 Å². The van der Waals surface area contributed by atoms with Gasteiger partial charge in [0.05, 0.1) is 12.2 Å². The Kier molecular flexibility index (Phi) is 3.69. The topological polar surface area (TPSA) is 49.8 Å². The number of carbonyl (C=O) groups excluding carboxylic acids is 1. The van der Waals surface area contributed by atoms with Crippen LogP contribution in [0.15, 0.2) is 0 Å². The van der Waals surface area contributed by atoms with Gasteiger partial charge >= 0.3 is 0 Å². The molecule has 0 aliphatic carbocycles. The average Bonchev–Trinajstić information content (AvgIpc) is 2.50. The molecule has 0 radical (unpaired) electrons. The summed E-state index contributed by atoms with van der Waals surface area (Å²) in [5.41, 5.74) is 0. The number of aliphatic hydroxyl groups excluding tert-OH is 1. The van der Waals surface area contributed by atoms with E-state index in [4.69, 9.17) is 9.84 Å². The molecule has 1 fully saturated rings. The Balaban J connectivity index is 2.32. The Labute approximate surface area is 78.5 Å². The second-order valence-electron chi connectivity index (χ2n) is 3.59. The Morgan fingerprint density at radius 1 is 1.69 bits per heavy atom. The number of hydrogen-bond donors (Lipinski definition) is 1.